The number of nitrogens with one attached hydrogen (secondary N) is 1. The van der Waals surface area contributed by atoms with Crippen molar-refractivity contribution in [2.24, 2.45) is 0 Å². The van der Waals surface area contributed by atoms with Gasteiger partial charge in [0.2, 0.25) is 0 Å². The van der Waals surface area contributed by atoms with Crippen molar-refractivity contribution in [2.45, 2.75) is 33.4 Å². The number of ether oxygens (including phenoxy) is 1. The molecule has 0 bridgehead atoms. The zero-order valence-electron chi connectivity index (χ0n) is 19.8. The van der Waals surface area contributed by atoms with E-state index in [9.17, 15) is 18.0 Å². The molecule has 0 aliphatic carbocycles. The van der Waals surface area contributed by atoms with Gasteiger partial charge in [0, 0.05) is 16.5 Å². The Morgan fingerprint density at radius 2 is 1.76 bits per heavy atom. The van der Waals surface area contributed by atoms with Crippen LogP contribution in [0.25, 0.3) is 16.6 Å². The van der Waals surface area contributed by atoms with Crippen molar-refractivity contribution in [1.29, 1.82) is 0 Å². The first-order valence-corrected chi connectivity index (χ1v) is 12.2. The third-order valence-corrected chi connectivity index (χ3v) is 6.69. The monoisotopic (exact) mass is 538 g/mol. The van der Waals surface area contributed by atoms with Gasteiger partial charge in [-0.15, -0.1) is 11.3 Å². The van der Waals surface area contributed by atoms with Crippen LogP contribution >= 0.6 is 11.3 Å². The van der Waals surface area contributed by atoms with E-state index in [0.717, 1.165) is 27.9 Å². The fourth-order valence-corrected chi connectivity index (χ4v) is 4.64. The number of halogens is 3. The number of benzene rings is 3. The molecule has 2 atom stereocenters. The number of nitrogens with zero attached hydrogens (tertiary/aromatic N) is 3. The van der Waals surface area contributed by atoms with Crippen molar-refractivity contribution in [3.8, 4) is 11.4 Å². The second-order valence-corrected chi connectivity index (χ2v) is 9.74. The normalized spacial score (nSPS) is 12.6. The molecule has 38 heavy (non-hydrogen) atoms. The first kappa shape index (κ1) is 26.9. The van der Waals surface area contributed by atoms with E-state index in [1.807, 2.05) is 6.92 Å². The minimum atomic E-state index is -1.02. The summed E-state index contributed by atoms with van der Waals surface area (Å²) >= 11 is 1.25. The average Bonchev–Trinajstić information content (AvgIpc) is 3.51. The predicted molar refractivity (Wildman–Crippen MR) is 141 cm³/mol. The Labute approximate surface area is 221 Å². The van der Waals surface area contributed by atoms with Gasteiger partial charge in [0.05, 0.1) is 23.4 Å². The maximum absolute atomic E-state index is 14.1. The first-order chi connectivity index (χ1) is 17.8. The molecule has 2 aromatic heterocycles. The van der Waals surface area contributed by atoms with Crippen molar-refractivity contribution in [3.05, 3.63) is 106 Å². The second kappa shape index (κ2) is 11.1. The summed E-state index contributed by atoms with van der Waals surface area (Å²) in [5.74, 6) is -2.29. The number of aromatic nitrogens is 3. The fraction of sp³-hybridized carbons (Fsp3) is 0.179. The van der Waals surface area contributed by atoms with Crippen LogP contribution in [0.5, 0.6) is 5.75 Å². The lowest BCUT2D eigenvalue weighted by Gasteiger charge is -2.26. The van der Waals surface area contributed by atoms with E-state index in [1.54, 1.807) is 54.3 Å². The second-order valence-electron chi connectivity index (χ2n) is 8.50. The molecule has 3 aromatic carbocycles. The van der Waals surface area contributed by atoms with Gasteiger partial charge in [-0.05, 0) is 74.0 Å². The molecular weight excluding hydrogens is 513 g/mol. The van der Waals surface area contributed by atoms with Gasteiger partial charge >= 0.3 is 0 Å². The lowest BCUT2D eigenvalue weighted by molar-refractivity contribution is 0.0881. The number of carbonyl (C=O) groups is 1. The van der Waals surface area contributed by atoms with Crippen LogP contribution in [0, 0.1) is 24.4 Å². The molecule has 0 unspecified atom stereocenters. The van der Waals surface area contributed by atoms with E-state index in [2.05, 4.69) is 15.4 Å². The summed E-state index contributed by atoms with van der Waals surface area (Å²) in [5, 5.41) is 8.29. The Kier molecular flexibility index (Phi) is 7.82. The third-order valence-electron chi connectivity index (χ3n) is 5.77. The summed E-state index contributed by atoms with van der Waals surface area (Å²) in [7, 11) is 0. The van der Waals surface area contributed by atoms with E-state index in [0.29, 0.717) is 22.0 Å². The lowest BCUT2D eigenvalue weighted by Crippen LogP contribution is -2.39. The molecule has 2 heterocycles. The van der Waals surface area contributed by atoms with Crippen LogP contribution < -0.4 is 10.1 Å². The van der Waals surface area contributed by atoms with Crippen molar-refractivity contribution < 1.29 is 22.7 Å². The van der Waals surface area contributed by atoms with Crippen molar-refractivity contribution in [1.82, 2.24) is 20.1 Å². The standard InChI is InChI=1S/C27H21F3N4O2S.CH4/c1-15-13-31-27(37-15)26(35)33-16(2)25(17-3-9-22(29)23(30)12-17)36-21-8-10-24-18(11-21)14-32-34(24)20-6-4-19(28)5-7-20;/h3-14,16,25H,1-2H3,(H,33,35);1H4/t16-,25-;/m0./s1. The largest absolute Gasteiger partial charge is 0.484 e. The highest BCUT2D eigenvalue weighted by atomic mass is 32.1. The zero-order chi connectivity index (χ0) is 26.1. The molecular formula is C28H25F3N4O2S. The summed E-state index contributed by atoms with van der Waals surface area (Å²) in [6, 6.07) is 14.1. The molecule has 6 nitrogen and oxygen atoms in total. The molecule has 0 fully saturated rings. The van der Waals surface area contributed by atoms with Crippen molar-refractivity contribution >= 4 is 28.1 Å². The van der Waals surface area contributed by atoms with Gasteiger partial charge in [-0.25, -0.2) is 22.8 Å². The van der Waals surface area contributed by atoms with Crippen LogP contribution in [0.3, 0.4) is 0 Å². The molecule has 5 rings (SSSR count). The van der Waals surface area contributed by atoms with Gasteiger partial charge in [0.15, 0.2) is 16.6 Å². The number of amides is 1. The summed E-state index contributed by atoms with van der Waals surface area (Å²) in [6.45, 7) is 3.56. The molecule has 1 N–H and O–H groups in total. The number of thiazole rings is 1. The SMILES string of the molecule is C.Cc1cnc(C(=O)N[C@@H](C)[C@H](Oc2ccc3c(cnn3-c3ccc(F)cc3)c2)c2ccc(F)c(F)c2)s1. The van der Waals surface area contributed by atoms with Crippen LogP contribution in [0.15, 0.2) is 73.1 Å². The van der Waals surface area contributed by atoms with Gasteiger partial charge in [0.1, 0.15) is 17.7 Å². The summed E-state index contributed by atoms with van der Waals surface area (Å²) in [5.41, 5.74) is 1.81. The Morgan fingerprint density at radius 1 is 1.00 bits per heavy atom. The number of rotatable bonds is 7. The highest BCUT2D eigenvalue weighted by molar-refractivity contribution is 7.13. The van der Waals surface area contributed by atoms with E-state index in [-0.39, 0.29) is 13.2 Å². The van der Waals surface area contributed by atoms with Crippen molar-refractivity contribution in [3.63, 3.8) is 0 Å². The Bertz CT molecular complexity index is 1580. The molecule has 0 spiro atoms. The van der Waals surface area contributed by atoms with E-state index >= 15 is 0 Å². The van der Waals surface area contributed by atoms with E-state index in [1.165, 1.54) is 29.5 Å². The number of fused-ring (bicyclic) bond motifs is 1. The van der Waals surface area contributed by atoms with Gasteiger partial charge in [0.25, 0.3) is 5.91 Å². The average molecular weight is 539 g/mol. The lowest BCUT2D eigenvalue weighted by atomic mass is 10.0. The highest BCUT2D eigenvalue weighted by Crippen LogP contribution is 2.30. The molecule has 0 aliphatic heterocycles. The summed E-state index contributed by atoms with van der Waals surface area (Å²) in [6.07, 6.45) is 2.41. The number of hydrogen-bond acceptors (Lipinski definition) is 5. The van der Waals surface area contributed by atoms with Gasteiger partial charge in [-0.1, -0.05) is 13.5 Å². The summed E-state index contributed by atoms with van der Waals surface area (Å²) in [4.78, 5) is 17.7. The Morgan fingerprint density at radius 3 is 2.45 bits per heavy atom. The van der Waals surface area contributed by atoms with Crippen LogP contribution in [-0.4, -0.2) is 26.7 Å². The quantitative estimate of drug-likeness (QED) is 0.248. The van der Waals surface area contributed by atoms with Gasteiger partial charge in [-0.2, -0.15) is 5.10 Å². The third kappa shape index (κ3) is 5.55. The Hall–Kier alpha value is -4.18. The molecule has 0 saturated carbocycles. The van der Waals surface area contributed by atoms with Crippen molar-refractivity contribution in [2.75, 3.05) is 0 Å². The molecule has 5 aromatic rings. The van der Waals surface area contributed by atoms with Crippen LogP contribution in [0.2, 0.25) is 0 Å². The minimum Gasteiger partial charge on any atom is -0.484 e. The van der Waals surface area contributed by atoms with Gasteiger partial charge < -0.3 is 10.1 Å². The van der Waals surface area contributed by atoms with Crippen LogP contribution in [0.4, 0.5) is 13.2 Å². The Balaban J connectivity index is 0.00000336. The molecule has 0 radical (unpaired) electrons. The zero-order valence-corrected chi connectivity index (χ0v) is 20.6. The van der Waals surface area contributed by atoms with Crippen LogP contribution in [-0.2, 0) is 0 Å². The maximum Gasteiger partial charge on any atom is 0.280 e. The smallest absolute Gasteiger partial charge is 0.280 e. The highest BCUT2D eigenvalue weighted by Gasteiger charge is 2.26. The molecule has 1 amide bonds. The maximum atomic E-state index is 14.1. The molecule has 10 heteroatoms. The summed E-state index contributed by atoms with van der Waals surface area (Å²) < 4.78 is 49.0. The van der Waals surface area contributed by atoms with E-state index < -0.39 is 29.7 Å². The fourth-order valence-electron chi connectivity index (χ4n) is 3.97. The number of carbonyl (C=O) groups excluding carboxylic acids is 1. The molecule has 196 valence electrons. The van der Waals surface area contributed by atoms with Crippen LogP contribution in [0.1, 0.15) is 40.7 Å². The van der Waals surface area contributed by atoms with Gasteiger partial charge in [-0.3, -0.25) is 4.79 Å². The topological polar surface area (TPSA) is 69.0 Å². The van der Waals surface area contributed by atoms with E-state index in [4.69, 9.17) is 4.74 Å². The number of aryl methyl sites for hydroxylation is 1. The molecule has 0 saturated heterocycles. The molecule has 0 aliphatic rings. The first-order valence-electron chi connectivity index (χ1n) is 11.4. The number of hydrogen-bond donors (Lipinski definition) is 1. The minimum absolute atomic E-state index is 0. The predicted octanol–water partition coefficient (Wildman–Crippen LogP) is 6.78.